The van der Waals surface area contributed by atoms with Crippen LogP contribution in [0.4, 0.5) is 0 Å². The number of fused-ring (bicyclic) bond motifs is 1. The van der Waals surface area contributed by atoms with Gasteiger partial charge in [-0.25, -0.2) is 0 Å². The molecule has 0 atom stereocenters. The third-order valence-electron chi connectivity index (χ3n) is 2.60. The van der Waals surface area contributed by atoms with Crippen LogP contribution in [-0.4, -0.2) is 25.9 Å². The Morgan fingerprint density at radius 2 is 2.31 bits per heavy atom. The van der Waals surface area contributed by atoms with Gasteiger partial charge in [0.25, 0.3) is 0 Å². The van der Waals surface area contributed by atoms with E-state index in [9.17, 15) is 0 Å². The third-order valence-corrected chi connectivity index (χ3v) is 2.60. The maximum absolute atomic E-state index is 5.35. The maximum Gasteiger partial charge on any atom is 0.156 e. The normalized spacial score (nSPS) is 10.9. The predicted octanol–water partition coefficient (Wildman–Crippen LogP) is 1.99. The summed E-state index contributed by atoms with van der Waals surface area (Å²) in [4.78, 5) is 0. The summed E-state index contributed by atoms with van der Waals surface area (Å²) in [6.07, 6.45) is 1.93. The van der Waals surface area contributed by atoms with E-state index >= 15 is 0 Å². The standard InChI is InChI=1S/C12H16N2O2/c1-13-8-4-7-10-9-5-3-6-11(15-2)12(9)14-16-10/h3,5-6,13H,4,7-8H2,1-2H3. The largest absolute Gasteiger partial charge is 0.494 e. The Kier molecular flexibility index (Phi) is 3.41. The highest BCUT2D eigenvalue weighted by Crippen LogP contribution is 2.27. The first-order chi connectivity index (χ1) is 7.86. The van der Waals surface area contributed by atoms with Crippen molar-refractivity contribution in [2.75, 3.05) is 20.7 Å². The molecule has 86 valence electrons. The molecule has 1 aromatic carbocycles. The fourth-order valence-corrected chi connectivity index (χ4v) is 1.76. The lowest BCUT2D eigenvalue weighted by molar-refractivity contribution is 0.381. The monoisotopic (exact) mass is 220 g/mol. The van der Waals surface area contributed by atoms with E-state index in [0.717, 1.165) is 41.8 Å². The fraction of sp³-hybridized carbons (Fsp3) is 0.417. The molecule has 1 heterocycles. The second-order valence-electron chi connectivity index (χ2n) is 3.67. The van der Waals surface area contributed by atoms with Crippen molar-refractivity contribution in [1.29, 1.82) is 0 Å². The molecule has 2 rings (SSSR count). The number of methoxy groups -OCH3 is 1. The molecule has 4 nitrogen and oxygen atoms in total. The number of nitrogens with zero attached hydrogens (tertiary/aromatic N) is 1. The smallest absolute Gasteiger partial charge is 0.156 e. The minimum Gasteiger partial charge on any atom is -0.494 e. The van der Waals surface area contributed by atoms with Crippen molar-refractivity contribution in [3.8, 4) is 5.75 Å². The van der Waals surface area contributed by atoms with Crippen LogP contribution in [0.3, 0.4) is 0 Å². The quantitative estimate of drug-likeness (QED) is 0.783. The van der Waals surface area contributed by atoms with E-state index < -0.39 is 0 Å². The van der Waals surface area contributed by atoms with Crippen molar-refractivity contribution >= 4 is 10.9 Å². The van der Waals surface area contributed by atoms with Crippen LogP contribution in [0, 0.1) is 0 Å². The van der Waals surface area contributed by atoms with Gasteiger partial charge >= 0.3 is 0 Å². The number of benzene rings is 1. The number of rotatable bonds is 5. The van der Waals surface area contributed by atoms with Crippen LogP contribution in [0.25, 0.3) is 10.9 Å². The van der Waals surface area contributed by atoms with Crippen LogP contribution in [0.15, 0.2) is 22.7 Å². The molecule has 0 fully saturated rings. The van der Waals surface area contributed by atoms with Crippen molar-refractivity contribution in [2.45, 2.75) is 12.8 Å². The molecule has 0 saturated heterocycles. The molecule has 0 aliphatic rings. The highest BCUT2D eigenvalue weighted by Gasteiger charge is 2.11. The zero-order chi connectivity index (χ0) is 11.4. The predicted molar refractivity (Wildman–Crippen MR) is 62.8 cm³/mol. The van der Waals surface area contributed by atoms with Gasteiger partial charge in [-0.1, -0.05) is 11.2 Å². The van der Waals surface area contributed by atoms with Gasteiger partial charge in [-0.2, -0.15) is 0 Å². The third kappa shape index (κ3) is 2.02. The lowest BCUT2D eigenvalue weighted by atomic mass is 10.1. The van der Waals surface area contributed by atoms with E-state index in [1.807, 2.05) is 25.2 Å². The minimum atomic E-state index is 0.765. The first-order valence-electron chi connectivity index (χ1n) is 5.42. The maximum atomic E-state index is 5.35. The molecule has 0 spiro atoms. The Morgan fingerprint density at radius 3 is 3.06 bits per heavy atom. The molecule has 0 aliphatic heterocycles. The molecule has 2 aromatic rings. The summed E-state index contributed by atoms with van der Waals surface area (Å²) in [5.74, 6) is 1.70. The van der Waals surface area contributed by atoms with Gasteiger partial charge in [0.2, 0.25) is 0 Å². The topological polar surface area (TPSA) is 47.3 Å². The first-order valence-corrected chi connectivity index (χ1v) is 5.42. The van der Waals surface area contributed by atoms with Crippen molar-refractivity contribution < 1.29 is 9.26 Å². The van der Waals surface area contributed by atoms with Crippen molar-refractivity contribution in [2.24, 2.45) is 0 Å². The van der Waals surface area contributed by atoms with Gasteiger partial charge in [0.05, 0.1) is 7.11 Å². The highest BCUT2D eigenvalue weighted by molar-refractivity contribution is 5.85. The number of hydrogen-bond donors (Lipinski definition) is 1. The Bertz CT molecular complexity index is 465. The molecular formula is C12H16N2O2. The van der Waals surface area contributed by atoms with Crippen LogP contribution in [0.5, 0.6) is 5.75 Å². The Hall–Kier alpha value is -1.55. The zero-order valence-corrected chi connectivity index (χ0v) is 9.62. The Morgan fingerprint density at radius 1 is 1.44 bits per heavy atom. The highest BCUT2D eigenvalue weighted by atomic mass is 16.5. The van der Waals surface area contributed by atoms with Crippen LogP contribution in [0.2, 0.25) is 0 Å². The molecule has 0 amide bonds. The van der Waals surface area contributed by atoms with E-state index in [2.05, 4.69) is 10.5 Å². The van der Waals surface area contributed by atoms with E-state index in [-0.39, 0.29) is 0 Å². The van der Waals surface area contributed by atoms with E-state index in [4.69, 9.17) is 9.26 Å². The van der Waals surface area contributed by atoms with Crippen molar-refractivity contribution in [3.63, 3.8) is 0 Å². The second kappa shape index (κ2) is 4.99. The lowest BCUT2D eigenvalue weighted by Crippen LogP contribution is -2.08. The van der Waals surface area contributed by atoms with Gasteiger partial charge in [0, 0.05) is 11.8 Å². The number of aromatic nitrogens is 1. The summed E-state index contributed by atoms with van der Waals surface area (Å²) in [6, 6.07) is 5.87. The van der Waals surface area contributed by atoms with Gasteiger partial charge in [-0.3, -0.25) is 0 Å². The molecule has 0 radical (unpaired) electrons. The molecule has 0 aliphatic carbocycles. The molecule has 0 saturated carbocycles. The molecule has 1 N–H and O–H groups in total. The van der Waals surface area contributed by atoms with Gasteiger partial charge in [0.1, 0.15) is 11.5 Å². The van der Waals surface area contributed by atoms with Gasteiger partial charge in [-0.05, 0) is 32.1 Å². The van der Waals surface area contributed by atoms with Gasteiger partial charge in [0.15, 0.2) is 5.52 Å². The summed E-state index contributed by atoms with van der Waals surface area (Å²) in [5, 5.41) is 8.21. The van der Waals surface area contributed by atoms with Gasteiger partial charge in [-0.15, -0.1) is 0 Å². The fourth-order valence-electron chi connectivity index (χ4n) is 1.76. The average Bonchev–Trinajstić information content (AvgIpc) is 2.73. The second-order valence-corrected chi connectivity index (χ2v) is 3.67. The molecular weight excluding hydrogens is 204 g/mol. The molecule has 0 unspecified atom stereocenters. The van der Waals surface area contributed by atoms with Crippen LogP contribution < -0.4 is 10.1 Å². The van der Waals surface area contributed by atoms with Crippen LogP contribution in [-0.2, 0) is 6.42 Å². The lowest BCUT2D eigenvalue weighted by Gasteiger charge is -1.99. The van der Waals surface area contributed by atoms with Gasteiger partial charge < -0.3 is 14.6 Å². The summed E-state index contributed by atoms with van der Waals surface area (Å²) in [6.45, 7) is 0.978. The summed E-state index contributed by atoms with van der Waals surface area (Å²) < 4.78 is 10.6. The minimum absolute atomic E-state index is 0.765. The van der Waals surface area contributed by atoms with E-state index in [1.54, 1.807) is 7.11 Å². The molecule has 16 heavy (non-hydrogen) atoms. The SMILES string of the molecule is CNCCCc1onc2c(OC)cccc12. The Balaban J connectivity index is 2.27. The summed E-state index contributed by atoms with van der Waals surface area (Å²) in [5.41, 5.74) is 0.810. The van der Waals surface area contributed by atoms with Crippen molar-refractivity contribution in [1.82, 2.24) is 10.5 Å². The number of nitrogens with one attached hydrogen (secondary N) is 1. The Labute approximate surface area is 94.6 Å². The van der Waals surface area contributed by atoms with Crippen molar-refractivity contribution in [3.05, 3.63) is 24.0 Å². The first kappa shape index (κ1) is 11.0. The number of aryl methyl sites for hydroxylation is 1. The average molecular weight is 220 g/mol. The number of hydrogen-bond acceptors (Lipinski definition) is 4. The summed E-state index contributed by atoms with van der Waals surface area (Å²) >= 11 is 0. The number of ether oxygens (including phenoxy) is 1. The molecule has 0 bridgehead atoms. The zero-order valence-electron chi connectivity index (χ0n) is 9.62. The van der Waals surface area contributed by atoms with E-state index in [0.29, 0.717) is 0 Å². The van der Waals surface area contributed by atoms with E-state index in [1.165, 1.54) is 0 Å². The molecule has 4 heteroatoms. The molecule has 1 aromatic heterocycles. The van der Waals surface area contributed by atoms with Crippen LogP contribution >= 0.6 is 0 Å². The van der Waals surface area contributed by atoms with Crippen LogP contribution in [0.1, 0.15) is 12.2 Å². The summed E-state index contributed by atoms with van der Waals surface area (Å²) in [7, 11) is 3.59.